The van der Waals surface area contributed by atoms with Crippen molar-refractivity contribution in [1.82, 2.24) is 9.55 Å². The smallest absolute Gasteiger partial charge is 0.125 e. The summed E-state index contributed by atoms with van der Waals surface area (Å²) in [7, 11) is 1.93. The second kappa shape index (κ2) is 4.09. The van der Waals surface area contributed by atoms with Gasteiger partial charge in [-0.3, -0.25) is 4.98 Å². The molecule has 0 fully saturated rings. The minimum absolute atomic E-state index is 0.232. The first-order chi connectivity index (χ1) is 9.08. The van der Waals surface area contributed by atoms with E-state index in [1.54, 1.807) is 18.3 Å². The number of aryl methyl sites for hydroxylation is 1. The molecule has 0 saturated heterocycles. The van der Waals surface area contributed by atoms with Crippen LogP contribution in [0.2, 0.25) is 0 Å². The van der Waals surface area contributed by atoms with Gasteiger partial charge in [0.1, 0.15) is 5.82 Å². The van der Waals surface area contributed by atoms with E-state index in [0.29, 0.717) is 5.69 Å². The first-order valence-corrected chi connectivity index (χ1v) is 6.04. The molecular formula is C15H14FN3. The van der Waals surface area contributed by atoms with E-state index in [4.69, 9.17) is 5.73 Å². The third-order valence-corrected chi connectivity index (χ3v) is 3.50. The molecule has 0 aliphatic heterocycles. The molecule has 3 rings (SSSR count). The van der Waals surface area contributed by atoms with Gasteiger partial charge in [0.25, 0.3) is 0 Å². The molecule has 0 saturated carbocycles. The Hall–Kier alpha value is -2.36. The van der Waals surface area contributed by atoms with Crippen LogP contribution in [0, 0.1) is 12.7 Å². The van der Waals surface area contributed by atoms with Crippen molar-refractivity contribution in [3.05, 3.63) is 48.0 Å². The van der Waals surface area contributed by atoms with Crippen molar-refractivity contribution in [3.8, 4) is 11.3 Å². The van der Waals surface area contributed by atoms with Crippen molar-refractivity contribution in [2.75, 3.05) is 5.73 Å². The van der Waals surface area contributed by atoms with Crippen LogP contribution in [0.25, 0.3) is 22.2 Å². The summed E-state index contributed by atoms with van der Waals surface area (Å²) in [6.07, 6.45) is 1.64. The SMILES string of the molecule is Cc1c(-c2ccc(N)cn2)c2ccc(F)cc2n1C. The normalized spacial score (nSPS) is 11.1. The van der Waals surface area contributed by atoms with E-state index in [-0.39, 0.29) is 5.82 Å². The van der Waals surface area contributed by atoms with Crippen molar-refractivity contribution in [1.29, 1.82) is 0 Å². The monoisotopic (exact) mass is 255 g/mol. The number of hydrogen-bond acceptors (Lipinski definition) is 2. The minimum Gasteiger partial charge on any atom is -0.397 e. The molecule has 0 aliphatic rings. The molecule has 3 aromatic rings. The Balaban J connectivity index is 2.35. The number of aromatic nitrogens is 2. The standard InChI is InChI=1S/C15H14FN3/c1-9-15(13-6-4-11(17)8-18-13)12-5-3-10(16)7-14(12)19(9)2/h3-8H,17H2,1-2H3. The lowest BCUT2D eigenvalue weighted by Crippen LogP contribution is -1.92. The fraction of sp³-hybridized carbons (Fsp3) is 0.133. The van der Waals surface area contributed by atoms with Crippen LogP contribution in [0.15, 0.2) is 36.5 Å². The molecule has 0 amide bonds. The summed E-state index contributed by atoms with van der Waals surface area (Å²) >= 11 is 0. The van der Waals surface area contributed by atoms with Gasteiger partial charge in [-0.05, 0) is 37.3 Å². The number of nitrogens with zero attached hydrogens (tertiary/aromatic N) is 2. The van der Waals surface area contributed by atoms with Crippen LogP contribution in [0.3, 0.4) is 0 Å². The van der Waals surface area contributed by atoms with Crippen LogP contribution in [0.4, 0.5) is 10.1 Å². The van der Waals surface area contributed by atoms with E-state index >= 15 is 0 Å². The quantitative estimate of drug-likeness (QED) is 0.725. The first kappa shape index (κ1) is 11.7. The number of nitrogens with two attached hydrogens (primary N) is 1. The van der Waals surface area contributed by atoms with Crippen LogP contribution in [-0.4, -0.2) is 9.55 Å². The second-order valence-electron chi connectivity index (χ2n) is 4.66. The van der Waals surface area contributed by atoms with Gasteiger partial charge in [-0.25, -0.2) is 4.39 Å². The summed E-state index contributed by atoms with van der Waals surface area (Å²) < 4.78 is 15.3. The molecule has 96 valence electrons. The molecule has 3 nitrogen and oxygen atoms in total. The number of nitrogen functional groups attached to an aromatic ring is 1. The molecular weight excluding hydrogens is 241 g/mol. The Labute approximate surface area is 110 Å². The van der Waals surface area contributed by atoms with Crippen LogP contribution in [-0.2, 0) is 7.05 Å². The van der Waals surface area contributed by atoms with Crippen LogP contribution in [0.1, 0.15) is 5.69 Å². The van der Waals surface area contributed by atoms with Gasteiger partial charge in [0.15, 0.2) is 0 Å². The zero-order valence-corrected chi connectivity index (χ0v) is 10.8. The molecule has 1 aromatic carbocycles. The topological polar surface area (TPSA) is 43.8 Å². The van der Waals surface area contributed by atoms with Crippen molar-refractivity contribution in [2.24, 2.45) is 7.05 Å². The summed E-state index contributed by atoms with van der Waals surface area (Å²) in [6, 6.07) is 8.53. The average molecular weight is 255 g/mol. The molecule has 0 spiro atoms. The third-order valence-electron chi connectivity index (χ3n) is 3.50. The van der Waals surface area contributed by atoms with Crippen LogP contribution in [0.5, 0.6) is 0 Å². The fourth-order valence-electron chi connectivity index (χ4n) is 2.41. The number of halogens is 1. The number of pyridine rings is 1. The lowest BCUT2D eigenvalue weighted by Gasteiger charge is -2.02. The number of rotatable bonds is 1. The average Bonchev–Trinajstić information content (AvgIpc) is 2.64. The van der Waals surface area contributed by atoms with E-state index in [1.165, 1.54) is 6.07 Å². The number of benzene rings is 1. The van der Waals surface area contributed by atoms with Crippen LogP contribution < -0.4 is 5.73 Å². The Kier molecular flexibility index (Phi) is 2.52. The van der Waals surface area contributed by atoms with E-state index in [1.807, 2.05) is 30.7 Å². The van der Waals surface area contributed by atoms with E-state index < -0.39 is 0 Å². The molecule has 4 heteroatoms. The molecule has 0 aliphatic carbocycles. The highest BCUT2D eigenvalue weighted by atomic mass is 19.1. The molecule has 0 unspecified atom stereocenters. The summed E-state index contributed by atoms with van der Waals surface area (Å²) in [5, 5.41) is 0.999. The number of anilines is 1. The highest BCUT2D eigenvalue weighted by molar-refractivity contribution is 5.97. The van der Waals surface area contributed by atoms with Crippen molar-refractivity contribution >= 4 is 16.6 Å². The molecule has 19 heavy (non-hydrogen) atoms. The first-order valence-electron chi connectivity index (χ1n) is 6.04. The second-order valence-corrected chi connectivity index (χ2v) is 4.66. The predicted octanol–water partition coefficient (Wildman–Crippen LogP) is 3.27. The van der Waals surface area contributed by atoms with E-state index in [2.05, 4.69) is 4.98 Å². The Bertz CT molecular complexity index is 757. The van der Waals surface area contributed by atoms with Gasteiger partial charge in [0.05, 0.1) is 23.1 Å². The molecule has 0 bridgehead atoms. The number of fused-ring (bicyclic) bond motifs is 1. The molecule has 2 N–H and O–H groups in total. The van der Waals surface area contributed by atoms with Crippen molar-refractivity contribution in [3.63, 3.8) is 0 Å². The van der Waals surface area contributed by atoms with Gasteiger partial charge in [-0.1, -0.05) is 0 Å². The zero-order chi connectivity index (χ0) is 13.6. The maximum atomic E-state index is 13.4. The van der Waals surface area contributed by atoms with Gasteiger partial charge < -0.3 is 10.3 Å². The van der Waals surface area contributed by atoms with Gasteiger partial charge in [-0.15, -0.1) is 0 Å². The zero-order valence-electron chi connectivity index (χ0n) is 10.8. The molecule has 0 radical (unpaired) electrons. The van der Waals surface area contributed by atoms with Crippen molar-refractivity contribution in [2.45, 2.75) is 6.92 Å². The lowest BCUT2D eigenvalue weighted by atomic mass is 10.1. The highest BCUT2D eigenvalue weighted by Crippen LogP contribution is 2.33. The lowest BCUT2D eigenvalue weighted by molar-refractivity contribution is 0.629. The molecule has 2 aromatic heterocycles. The van der Waals surface area contributed by atoms with E-state index in [9.17, 15) is 4.39 Å². The number of hydrogen-bond donors (Lipinski definition) is 1. The van der Waals surface area contributed by atoms with Crippen LogP contribution >= 0.6 is 0 Å². The summed E-state index contributed by atoms with van der Waals surface area (Å²) in [5.74, 6) is -0.232. The Morgan fingerprint density at radius 3 is 2.68 bits per heavy atom. The van der Waals surface area contributed by atoms with Gasteiger partial charge in [0, 0.05) is 23.7 Å². The molecule has 2 heterocycles. The maximum absolute atomic E-state index is 13.4. The maximum Gasteiger partial charge on any atom is 0.125 e. The molecule has 0 atom stereocenters. The largest absolute Gasteiger partial charge is 0.397 e. The van der Waals surface area contributed by atoms with E-state index in [0.717, 1.165) is 27.9 Å². The van der Waals surface area contributed by atoms with Gasteiger partial charge >= 0.3 is 0 Å². The Morgan fingerprint density at radius 1 is 1.21 bits per heavy atom. The van der Waals surface area contributed by atoms with Gasteiger partial charge in [-0.2, -0.15) is 0 Å². The Morgan fingerprint density at radius 2 is 2.00 bits per heavy atom. The third kappa shape index (κ3) is 1.76. The minimum atomic E-state index is -0.232. The van der Waals surface area contributed by atoms with Gasteiger partial charge in [0.2, 0.25) is 0 Å². The summed E-state index contributed by atoms with van der Waals surface area (Å²) in [6.45, 7) is 2.01. The summed E-state index contributed by atoms with van der Waals surface area (Å²) in [5.41, 5.74) is 10.1. The van der Waals surface area contributed by atoms with Crippen molar-refractivity contribution < 1.29 is 4.39 Å². The summed E-state index contributed by atoms with van der Waals surface area (Å²) in [4.78, 5) is 4.36. The predicted molar refractivity (Wildman–Crippen MR) is 75.3 cm³/mol. The fourth-order valence-corrected chi connectivity index (χ4v) is 2.41. The highest BCUT2D eigenvalue weighted by Gasteiger charge is 2.14.